The highest BCUT2D eigenvalue weighted by atomic mass is 16.5. The second-order valence-electron chi connectivity index (χ2n) is 7.68. The maximum absolute atomic E-state index is 13.0. The number of pyridine rings is 1. The van der Waals surface area contributed by atoms with E-state index >= 15 is 0 Å². The van der Waals surface area contributed by atoms with E-state index in [4.69, 9.17) is 18.6 Å². The van der Waals surface area contributed by atoms with Gasteiger partial charge >= 0.3 is 0 Å². The average Bonchev–Trinajstić information content (AvgIpc) is 3.42. The van der Waals surface area contributed by atoms with Gasteiger partial charge in [-0.05, 0) is 35.9 Å². The number of aromatic nitrogens is 2. The fourth-order valence-corrected chi connectivity index (χ4v) is 3.78. The zero-order chi connectivity index (χ0) is 23.5. The number of methoxy groups -OCH3 is 2. The highest BCUT2D eigenvalue weighted by Gasteiger charge is 2.14. The first-order valence-corrected chi connectivity index (χ1v) is 10.6. The highest BCUT2D eigenvalue weighted by molar-refractivity contribution is 5.88. The van der Waals surface area contributed by atoms with Gasteiger partial charge in [-0.1, -0.05) is 24.3 Å². The van der Waals surface area contributed by atoms with Crippen molar-refractivity contribution in [3.63, 3.8) is 0 Å². The largest absolute Gasteiger partial charge is 0.497 e. The molecule has 0 aliphatic heterocycles. The van der Waals surface area contributed by atoms with E-state index in [1.54, 1.807) is 38.6 Å². The van der Waals surface area contributed by atoms with Gasteiger partial charge in [0.15, 0.2) is 17.6 Å². The van der Waals surface area contributed by atoms with Crippen LogP contribution in [0.3, 0.4) is 0 Å². The van der Waals surface area contributed by atoms with Gasteiger partial charge in [0, 0.05) is 28.8 Å². The maximum atomic E-state index is 13.0. The van der Waals surface area contributed by atoms with Crippen LogP contribution in [-0.2, 0) is 6.61 Å². The van der Waals surface area contributed by atoms with Gasteiger partial charge in [-0.15, -0.1) is 0 Å². The first-order chi connectivity index (χ1) is 16.6. The molecule has 2 heterocycles. The van der Waals surface area contributed by atoms with Crippen molar-refractivity contribution in [3.05, 3.63) is 95.1 Å². The molecular weight excluding hydrogens is 432 g/mol. The number of oxazole rings is 1. The van der Waals surface area contributed by atoms with E-state index in [0.29, 0.717) is 46.0 Å². The molecule has 0 atom stereocenters. The van der Waals surface area contributed by atoms with Crippen LogP contribution in [0.25, 0.3) is 33.5 Å². The highest BCUT2D eigenvalue weighted by Crippen LogP contribution is 2.33. The number of ether oxygens (including phenoxy) is 3. The van der Waals surface area contributed by atoms with Gasteiger partial charge in [-0.2, -0.15) is 0 Å². The van der Waals surface area contributed by atoms with E-state index in [0.717, 1.165) is 16.9 Å². The van der Waals surface area contributed by atoms with Crippen LogP contribution < -0.4 is 19.6 Å². The molecule has 170 valence electrons. The van der Waals surface area contributed by atoms with Gasteiger partial charge in [-0.3, -0.25) is 4.79 Å². The molecule has 0 saturated heterocycles. The molecule has 0 aliphatic carbocycles. The van der Waals surface area contributed by atoms with Gasteiger partial charge in [0.05, 0.1) is 31.5 Å². The molecule has 2 aromatic heterocycles. The number of nitrogens with one attached hydrogen (secondary N) is 1. The van der Waals surface area contributed by atoms with Crippen LogP contribution in [0.4, 0.5) is 0 Å². The van der Waals surface area contributed by atoms with E-state index in [2.05, 4.69) is 9.97 Å². The molecule has 3 aromatic carbocycles. The summed E-state index contributed by atoms with van der Waals surface area (Å²) in [6, 6.07) is 20.5. The molecule has 7 heteroatoms. The van der Waals surface area contributed by atoms with Crippen LogP contribution in [0.5, 0.6) is 17.2 Å². The predicted octanol–water partition coefficient (Wildman–Crippen LogP) is 5.45. The van der Waals surface area contributed by atoms with Crippen LogP contribution in [-0.4, -0.2) is 24.2 Å². The first kappa shape index (κ1) is 21.3. The van der Waals surface area contributed by atoms with E-state index in [1.165, 1.54) is 6.39 Å². The molecule has 34 heavy (non-hydrogen) atoms. The maximum Gasteiger partial charge on any atom is 0.190 e. The zero-order valence-electron chi connectivity index (χ0n) is 18.7. The fourth-order valence-electron chi connectivity index (χ4n) is 3.78. The zero-order valence-corrected chi connectivity index (χ0v) is 18.7. The molecule has 7 nitrogen and oxygen atoms in total. The lowest BCUT2D eigenvalue weighted by Gasteiger charge is -2.11. The molecule has 0 amide bonds. The number of benzene rings is 3. The van der Waals surface area contributed by atoms with Crippen molar-refractivity contribution in [2.45, 2.75) is 6.61 Å². The number of nitrogens with zero attached hydrogens (tertiary/aromatic N) is 1. The normalized spacial score (nSPS) is 10.9. The van der Waals surface area contributed by atoms with Crippen molar-refractivity contribution >= 4 is 10.9 Å². The number of hydrogen-bond acceptors (Lipinski definition) is 6. The lowest BCUT2D eigenvalue weighted by molar-refractivity contribution is 0.306. The molecule has 5 aromatic rings. The summed E-state index contributed by atoms with van der Waals surface area (Å²) in [5.74, 6) is 2.61. The minimum Gasteiger partial charge on any atom is -0.497 e. The summed E-state index contributed by atoms with van der Waals surface area (Å²) in [7, 11) is 3.21. The Kier molecular flexibility index (Phi) is 5.74. The number of aromatic amines is 1. The number of H-pyrrole nitrogens is 1. The minimum absolute atomic E-state index is 0.114. The molecule has 1 N–H and O–H groups in total. The molecule has 0 fully saturated rings. The summed E-state index contributed by atoms with van der Waals surface area (Å²) >= 11 is 0. The Morgan fingerprint density at radius 2 is 1.79 bits per heavy atom. The lowest BCUT2D eigenvalue weighted by Crippen LogP contribution is -2.04. The number of fused-ring (bicyclic) bond motifs is 1. The summed E-state index contributed by atoms with van der Waals surface area (Å²) in [5.41, 5.74) is 3.76. The Hall–Kier alpha value is -4.52. The van der Waals surface area contributed by atoms with Crippen molar-refractivity contribution in [2.75, 3.05) is 14.2 Å². The van der Waals surface area contributed by atoms with Gasteiger partial charge in [0.25, 0.3) is 0 Å². The number of rotatable bonds is 7. The molecule has 0 spiro atoms. The van der Waals surface area contributed by atoms with Crippen molar-refractivity contribution < 1.29 is 18.6 Å². The molecule has 0 radical (unpaired) electrons. The van der Waals surface area contributed by atoms with Gasteiger partial charge < -0.3 is 23.6 Å². The third-order valence-electron chi connectivity index (χ3n) is 5.56. The number of hydrogen-bond donors (Lipinski definition) is 1. The topological polar surface area (TPSA) is 86.6 Å². The van der Waals surface area contributed by atoms with E-state index < -0.39 is 0 Å². The molecule has 0 saturated carbocycles. The summed E-state index contributed by atoms with van der Waals surface area (Å²) in [6.45, 7) is 0.420. The third-order valence-corrected chi connectivity index (χ3v) is 5.56. The molecule has 5 rings (SSSR count). The Bertz CT molecular complexity index is 1490. The summed E-state index contributed by atoms with van der Waals surface area (Å²) in [6.07, 6.45) is 2.93. The van der Waals surface area contributed by atoms with E-state index in [-0.39, 0.29) is 5.43 Å². The summed E-state index contributed by atoms with van der Waals surface area (Å²) in [5, 5.41) is 0.530. The third kappa shape index (κ3) is 4.23. The quantitative estimate of drug-likeness (QED) is 0.352. The molecular formula is C27H22N2O5. The van der Waals surface area contributed by atoms with Crippen LogP contribution in [0.2, 0.25) is 0 Å². The van der Waals surface area contributed by atoms with E-state index in [9.17, 15) is 4.79 Å². The van der Waals surface area contributed by atoms with Gasteiger partial charge in [-0.25, -0.2) is 4.98 Å². The first-order valence-electron chi connectivity index (χ1n) is 10.6. The Balaban J connectivity index is 1.45. The van der Waals surface area contributed by atoms with Crippen molar-refractivity contribution in [1.82, 2.24) is 9.97 Å². The minimum atomic E-state index is -0.114. The van der Waals surface area contributed by atoms with Crippen LogP contribution in [0, 0.1) is 0 Å². The van der Waals surface area contributed by atoms with Crippen LogP contribution in [0.1, 0.15) is 5.56 Å². The summed E-state index contributed by atoms with van der Waals surface area (Å²) < 4.78 is 22.1. The second kappa shape index (κ2) is 9.15. The smallest absolute Gasteiger partial charge is 0.190 e. The average molecular weight is 454 g/mol. The SMILES string of the molecule is COc1ccc(COc2cccc(-c3cc(=O)c4cc(-c5cnco5)c(OC)cc4[nH]3)c2)cc1. The van der Waals surface area contributed by atoms with Gasteiger partial charge in [0.1, 0.15) is 23.9 Å². The Morgan fingerprint density at radius 1 is 0.941 bits per heavy atom. The molecule has 0 unspecified atom stereocenters. The summed E-state index contributed by atoms with van der Waals surface area (Å²) in [4.78, 5) is 20.3. The van der Waals surface area contributed by atoms with Crippen molar-refractivity contribution in [1.29, 1.82) is 0 Å². The fraction of sp³-hybridized carbons (Fsp3) is 0.111. The van der Waals surface area contributed by atoms with Crippen molar-refractivity contribution in [3.8, 4) is 39.8 Å². The standard InChI is InChI=1S/C27H22N2O5/c1-31-19-8-6-17(7-9-19)15-33-20-5-3-4-18(10-20)23-12-25(30)21-11-22(27-14-28-16-34-27)26(32-2)13-24(21)29-23/h3-14,16H,15H2,1-2H3,(H,29,30). The Labute approximate surface area is 195 Å². The lowest BCUT2D eigenvalue weighted by atomic mass is 10.0. The van der Waals surface area contributed by atoms with Crippen molar-refractivity contribution in [2.24, 2.45) is 0 Å². The second-order valence-corrected chi connectivity index (χ2v) is 7.68. The molecule has 0 bridgehead atoms. The monoisotopic (exact) mass is 454 g/mol. The predicted molar refractivity (Wildman–Crippen MR) is 129 cm³/mol. The molecule has 0 aliphatic rings. The Morgan fingerprint density at radius 3 is 2.53 bits per heavy atom. The van der Waals surface area contributed by atoms with Crippen LogP contribution >= 0.6 is 0 Å². The van der Waals surface area contributed by atoms with Gasteiger partial charge in [0.2, 0.25) is 0 Å². The van der Waals surface area contributed by atoms with E-state index in [1.807, 2.05) is 48.5 Å². The van der Waals surface area contributed by atoms with Crippen LogP contribution in [0.15, 0.2) is 88.5 Å².